The summed E-state index contributed by atoms with van der Waals surface area (Å²) in [7, 11) is 0. The Hall–Kier alpha value is -0.590. The molecule has 118 valence electrons. The minimum absolute atomic E-state index is 0.711. The molecule has 2 bridgehead atoms. The summed E-state index contributed by atoms with van der Waals surface area (Å²) in [6.45, 7) is 1.04. The molecule has 1 nitrogen and oxygen atoms in total. The zero-order valence-corrected chi connectivity index (χ0v) is 13.7. The van der Waals surface area contributed by atoms with Gasteiger partial charge in [-0.3, -0.25) is 4.99 Å². The standard InChI is InChI=1S/C20H33N/c1-2-6-20-10-4-8-17(5-1)7-3-9-18(13-14-21-16-20)15-19-11-12-19/h4,10,14,17-20H,1-3,5-9,11-13,15-16H2/t17-,18?,20-/m0/s1. The van der Waals surface area contributed by atoms with Gasteiger partial charge in [-0.2, -0.15) is 0 Å². The molecule has 1 saturated carbocycles. The van der Waals surface area contributed by atoms with E-state index in [4.69, 9.17) is 4.99 Å². The fraction of sp³-hybridized carbons (Fsp3) is 0.850. The first-order valence-corrected chi connectivity index (χ1v) is 9.55. The number of hydrogen-bond donors (Lipinski definition) is 0. The first kappa shape index (κ1) is 15.3. The van der Waals surface area contributed by atoms with Crippen molar-refractivity contribution in [1.82, 2.24) is 0 Å². The molecule has 0 N–H and O–H groups in total. The number of hydrogen-bond acceptors (Lipinski definition) is 1. The van der Waals surface area contributed by atoms with Gasteiger partial charge in [-0.1, -0.05) is 63.5 Å². The quantitative estimate of drug-likeness (QED) is 0.569. The van der Waals surface area contributed by atoms with Crippen LogP contribution in [0.3, 0.4) is 0 Å². The van der Waals surface area contributed by atoms with Crippen molar-refractivity contribution in [2.24, 2.45) is 28.7 Å². The van der Waals surface area contributed by atoms with Crippen LogP contribution in [0.5, 0.6) is 0 Å². The number of nitrogens with zero attached hydrogens (tertiary/aromatic N) is 1. The summed E-state index contributed by atoms with van der Waals surface area (Å²) in [5.41, 5.74) is 0. The summed E-state index contributed by atoms with van der Waals surface area (Å²) in [5, 5.41) is 0. The highest BCUT2D eigenvalue weighted by atomic mass is 14.7. The van der Waals surface area contributed by atoms with Crippen LogP contribution >= 0.6 is 0 Å². The fourth-order valence-corrected chi connectivity index (χ4v) is 4.22. The molecule has 0 radical (unpaired) electrons. The highest BCUT2D eigenvalue weighted by molar-refractivity contribution is 5.57. The van der Waals surface area contributed by atoms with E-state index in [1.54, 1.807) is 0 Å². The number of allylic oxidation sites excluding steroid dienone is 1. The SMILES string of the molecule is C1=C[C@@H]2CCCC[C@H](C1)CCCC(CC1CC1)CC=NC2. The number of aliphatic imine (C=N–C) groups is 1. The molecule has 1 heteroatoms. The molecule has 3 atom stereocenters. The first-order valence-electron chi connectivity index (χ1n) is 9.55. The Morgan fingerprint density at radius 2 is 1.67 bits per heavy atom. The van der Waals surface area contributed by atoms with Crippen LogP contribution in [-0.2, 0) is 0 Å². The molecule has 1 aliphatic heterocycles. The summed E-state index contributed by atoms with van der Waals surface area (Å²) in [4.78, 5) is 4.79. The second kappa shape index (κ2) is 8.15. The van der Waals surface area contributed by atoms with Gasteiger partial charge in [-0.15, -0.1) is 0 Å². The van der Waals surface area contributed by atoms with Crippen molar-refractivity contribution in [3.63, 3.8) is 0 Å². The molecule has 0 aromatic heterocycles. The van der Waals surface area contributed by atoms with Crippen LogP contribution in [0.4, 0.5) is 0 Å². The highest BCUT2D eigenvalue weighted by Crippen LogP contribution is 2.38. The van der Waals surface area contributed by atoms with Crippen molar-refractivity contribution in [3.05, 3.63) is 12.2 Å². The van der Waals surface area contributed by atoms with Crippen LogP contribution in [0.2, 0.25) is 0 Å². The smallest absolute Gasteiger partial charge is 0.0448 e. The summed E-state index contributed by atoms with van der Waals surface area (Å²) < 4.78 is 0. The van der Waals surface area contributed by atoms with Crippen LogP contribution in [0.1, 0.15) is 77.0 Å². The maximum absolute atomic E-state index is 4.79. The Balaban J connectivity index is 1.61. The minimum atomic E-state index is 0.711. The van der Waals surface area contributed by atoms with Gasteiger partial charge in [-0.05, 0) is 55.6 Å². The Morgan fingerprint density at radius 3 is 2.57 bits per heavy atom. The van der Waals surface area contributed by atoms with Gasteiger partial charge in [0.25, 0.3) is 0 Å². The number of rotatable bonds is 2. The van der Waals surface area contributed by atoms with Gasteiger partial charge >= 0.3 is 0 Å². The zero-order valence-electron chi connectivity index (χ0n) is 13.7. The normalized spacial score (nSPS) is 35.3. The van der Waals surface area contributed by atoms with Gasteiger partial charge in [0.1, 0.15) is 0 Å². The van der Waals surface area contributed by atoms with E-state index in [0.29, 0.717) is 5.92 Å². The van der Waals surface area contributed by atoms with E-state index in [1.165, 1.54) is 77.0 Å². The topological polar surface area (TPSA) is 12.4 Å². The summed E-state index contributed by atoms with van der Waals surface area (Å²) in [6, 6.07) is 0. The molecule has 0 saturated heterocycles. The van der Waals surface area contributed by atoms with E-state index in [1.807, 2.05) is 0 Å². The second-order valence-corrected chi connectivity index (χ2v) is 7.83. The van der Waals surface area contributed by atoms with Crippen molar-refractivity contribution >= 4 is 6.21 Å². The fourth-order valence-electron chi connectivity index (χ4n) is 4.22. The molecule has 0 amide bonds. The van der Waals surface area contributed by atoms with E-state index in [9.17, 15) is 0 Å². The lowest BCUT2D eigenvalue weighted by molar-refractivity contribution is 0.367. The van der Waals surface area contributed by atoms with Crippen LogP contribution < -0.4 is 0 Å². The van der Waals surface area contributed by atoms with E-state index < -0.39 is 0 Å². The van der Waals surface area contributed by atoms with E-state index in [0.717, 1.165) is 24.3 Å². The molecule has 1 unspecified atom stereocenters. The van der Waals surface area contributed by atoms with Crippen molar-refractivity contribution in [2.45, 2.75) is 77.0 Å². The lowest BCUT2D eigenvalue weighted by atomic mass is 9.88. The van der Waals surface area contributed by atoms with Gasteiger partial charge in [0, 0.05) is 6.54 Å². The molecule has 3 aliphatic rings. The Bertz CT molecular complexity index is 353. The second-order valence-electron chi connectivity index (χ2n) is 7.83. The minimum Gasteiger partial charge on any atom is -0.297 e. The Morgan fingerprint density at radius 1 is 0.810 bits per heavy atom. The maximum atomic E-state index is 4.79. The summed E-state index contributed by atoms with van der Waals surface area (Å²) in [6.07, 6.45) is 24.3. The van der Waals surface area contributed by atoms with E-state index in [2.05, 4.69) is 18.4 Å². The van der Waals surface area contributed by atoms with Crippen LogP contribution in [0.15, 0.2) is 17.1 Å². The molecular weight excluding hydrogens is 254 g/mol. The molecule has 3 rings (SSSR count). The lowest BCUT2D eigenvalue weighted by Crippen LogP contribution is -2.07. The summed E-state index contributed by atoms with van der Waals surface area (Å²) >= 11 is 0. The van der Waals surface area contributed by atoms with Gasteiger partial charge in [0.05, 0.1) is 0 Å². The predicted octanol–water partition coefficient (Wildman–Crippen LogP) is 5.80. The first-order chi connectivity index (χ1) is 10.4. The van der Waals surface area contributed by atoms with Crippen LogP contribution in [0, 0.1) is 23.7 Å². The average molecular weight is 287 g/mol. The van der Waals surface area contributed by atoms with Crippen LogP contribution in [-0.4, -0.2) is 12.8 Å². The van der Waals surface area contributed by atoms with Crippen LogP contribution in [0.25, 0.3) is 0 Å². The molecule has 0 aromatic carbocycles. The molecule has 2 aliphatic carbocycles. The maximum Gasteiger partial charge on any atom is 0.0448 e. The van der Waals surface area contributed by atoms with Gasteiger partial charge in [-0.25, -0.2) is 0 Å². The largest absolute Gasteiger partial charge is 0.297 e. The Kier molecular flexibility index (Phi) is 5.94. The Labute approximate surface area is 131 Å². The van der Waals surface area contributed by atoms with Gasteiger partial charge < -0.3 is 0 Å². The van der Waals surface area contributed by atoms with E-state index >= 15 is 0 Å². The van der Waals surface area contributed by atoms with Gasteiger partial charge in [0.2, 0.25) is 0 Å². The van der Waals surface area contributed by atoms with Crippen molar-refractivity contribution in [2.75, 3.05) is 6.54 Å². The summed E-state index contributed by atoms with van der Waals surface area (Å²) in [5.74, 6) is 3.67. The predicted molar refractivity (Wildman–Crippen MR) is 91.9 cm³/mol. The molecule has 0 spiro atoms. The zero-order chi connectivity index (χ0) is 14.3. The molecular formula is C20H33N. The van der Waals surface area contributed by atoms with Crippen molar-refractivity contribution in [1.29, 1.82) is 0 Å². The molecule has 1 heterocycles. The molecule has 1 fully saturated rings. The third kappa shape index (κ3) is 5.60. The highest BCUT2D eigenvalue weighted by Gasteiger charge is 2.25. The van der Waals surface area contributed by atoms with Gasteiger partial charge in [0.15, 0.2) is 0 Å². The molecule has 21 heavy (non-hydrogen) atoms. The van der Waals surface area contributed by atoms with E-state index in [-0.39, 0.29) is 0 Å². The van der Waals surface area contributed by atoms with Crippen molar-refractivity contribution in [3.8, 4) is 0 Å². The van der Waals surface area contributed by atoms with Crippen molar-refractivity contribution < 1.29 is 0 Å². The average Bonchev–Trinajstić information content (AvgIpc) is 3.27. The molecule has 0 aromatic rings. The third-order valence-electron chi connectivity index (χ3n) is 5.81. The monoisotopic (exact) mass is 287 g/mol. The number of fused-ring (bicyclic) bond motifs is 3. The third-order valence-corrected chi connectivity index (χ3v) is 5.81. The lowest BCUT2D eigenvalue weighted by Gasteiger charge is -2.18.